The fourth-order valence-corrected chi connectivity index (χ4v) is 0.735. The van der Waals surface area contributed by atoms with Gasteiger partial charge in [0, 0.05) is 0 Å². The van der Waals surface area contributed by atoms with Gasteiger partial charge in [-0.25, -0.2) is 0 Å². The standard InChI is InChI=1S/C10H11/c1-2-4-6-8-10-9-7-5-3-1/h1-6,9H,7-8H2/b2-1-,5-3+,6-4+,10-9?. The van der Waals surface area contributed by atoms with Crippen molar-refractivity contribution in [2.45, 2.75) is 12.8 Å². The molecule has 0 amide bonds. The summed E-state index contributed by atoms with van der Waals surface area (Å²) in [7, 11) is 0. The summed E-state index contributed by atoms with van der Waals surface area (Å²) in [6, 6.07) is 0. The van der Waals surface area contributed by atoms with E-state index in [4.69, 9.17) is 0 Å². The molecule has 1 aliphatic carbocycles. The molecule has 0 saturated carbocycles. The minimum Gasteiger partial charge on any atom is -0.0807 e. The normalized spacial score (nSPS) is 30.4. The maximum Gasteiger partial charge on any atom is -0.00946 e. The number of rotatable bonds is 0. The Bertz CT molecular complexity index is 160. The Balaban J connectivity index is 2.51. The average Bonchev–Trinajstić information content (AvgIpc) is 2.01. The van der Waals surface area contributed by atoms with Crippen LogP contribution in [0.15, 0.2) is 42.5 Å². The van der Waals surface area contributed by atoms with Crippen molar-refractivity contribution in [2.24, 2.45) is 0 Å². The van der Waals surface area contributed by atoms with E-state index in [0.29, 0.717) is 0 Å². The first-order valence-corrected chi connectivity index (χ1v) is 3.53. The van der Waals surface area contributed by atoms with Crippen molar-refractivity contribution in [2.75, 3.05) is 0 Å². The van der Waals surface area contributed by atoms with E-state index in [0.717, 1.165) is 12.8 Å². The molecule has 10 heavy (non-hydrogen) atoms. The van der Waals surface area contributed by atoms with Crippen LogP contribution < -0.4 is 0 Å². The predicted octanol–water partition coefficient (Wildman–Crippen LogP) is 2.81. The lowest BCUT2D eigenvalue weighted by Crippen LogP contribution is -1.63. The van der Waals surface area contributed by atoms with E-state index in [-0.39, 0.29) is 0 Å². The first kappa shape index (κ1) is 7.07. The molecule has 1 radical (unpaired) electrons. The van der Waals surface area contributed by atoms with Crippen LogP contribution in [0.3, 0.4) is 0 Å². The molecule has 0 fully saturated rings. The van der Waals surface area contributed by atoms with Gasteiger partial charge in [-0.3, -0.25) is 0 Å². The van der Waals surface area contributed by atoms with Gasteiger partial charge in [0.1, 0.15) is 0 Å². The molecule has 0 heterocycles. The quantitative estimate of drug-likeness (QED) is 0.474. The van der Waals surface area contributed by atoms with Crippen LogP contribution in [-0.2, 0) is 0 Å². The zero-order valence-corrected chi connectivity index (χ0v) is 5.96. The molecule has 0 N–H and O–H groups in total. The van der Waals surface area contributed by atoms with E-state index in [9.17, 15) is 0 Å². The molecule has 0 aromatic rings. The molecule has 0 bridgehead atoms. The summed E-state index contributed by atoms with van der Waals surface area (Å²) in [4.78, 5) is 0. The lowest BCUT2D eigenvalue weighted by Gasteiger charge is -1.83. The zero-order valence-electron chi connectivity index (χ0n) is 5.96. The summed E-state index contributed by atoms with van der Waals surface area (Å²) in [5.41, 5.74) is 0. The summed E-state index contributed by atoms with van der Waals surface area (Å²) < 4.78 is 0. The van der Waals surface area contributed by atoms with Crippen molar-refractivity contribution >= 4 is 0 Å². The third kappa shape index (κ3) is 3.08. The van der Waals surface area contributed by atoms with Gasteiger partial charge in [-0.05, 0) is 18.9 Å². The molecule has 0 heteroatoms. The van der Waals surface area contributed by atoms with Gasteiger partial charge in [-0.1, -0.05) is 42.5 Å². The Hall–Kier alpha value is -1.04. The van der Waals surface area contributed by atoms with Crippen molar-refractivity contribution in [3.63, 3.8) is 0 Å². The molecular formula is C10H11. The first-order valence-electron chi connectivity index (χ1n) is 3.53. The smallest absolute Gasteiger partial charge is 0.00946 e. The molecule has 0 aromatic carbocycles. The van der Waals surface area contributed by atoms with E-state index in [1.54, 1.807) is 0 Å². The van der Waals surface area contributed by atoms with Gasteiger partial charge in [0.05, 0.1) is 0 Å². The topological polar surface area (TPSA) is 0 Å². The average molecular weight is 131 g/mol. The van der Waals surface area contributed by atoms with Crippen LogP contribution >= 0.6 is 0 Å². The van der Waals surface area contributed by atoms with Gasteiger partial charge >= 0.3 is 0 Å². The molecule has 0 saturated heterocycles. The number of hydrogen-bond acceptors (Lipinski definition) is 0. The van der Waals surface area contributed by atoms with E-state index in [1.165, 1.54) is 0 Å². The third-order valence-corrected chi connectivity index (χ3v) is 1.24. The van der Waals surface area contributed by atoms with Crippen LogP contribution in [0.5, 0.6) is 0 Å². The van der Waals surface area contributed by atoms with E-state index < -0.39 is 0 Å². The highest BCUT2D eigenvalue weighted by Gasteiger charge is 1.73. The fourth-order valence-electron chi connectivity index (χ4n) is 0.735. The van der Waals surface area contributed by atoms with E-state index in [2.05, 4.69) is 24.3 Å². The largest absolute Gasteiger partial charge is 0.0807 e. The van der Waals surface area contributed by atoms with Gasteiger partial charge in [-0.15, -0.1) is 0 Å². The van der Waals surface area contributed by atoms with Gasteiger partial charge in [0.2, 0.25) is 0 Å². The van der Waals surface area contributed by atoms with Gasteiger partial charge in [-0.2, -0.15) is 0 Å². The fraction of sp³-hybridized carbons (Fsp3) is 0.200. The van der Waals surface area contributed by atoms with Gasteiger partial charge in [0.15, 0.2) is 0 Å². The molecule has 0 aliphatic heterocycles. The Morgan fingerprint density at radius 3 is 2.60 bits per heavy atom. The highest BCUT2D eigenvalue weighted by atomic mass is 13.8. The van der Waals surface area contributed by atoms with Crippen LogP contribution in [-0.4, -0.2) is 0 Å². The molecular weight excluding hydrogens is 120 g/mol. The summed E-state index contributed by atoms with van der Waals surface area (Å²) >= 11 is 0. The second-order valence-electron chi connectivity index (χ2n) is 2.09. The maximum absolute atomic E-state index is 3.16. The van der Waals surface area contributed by atoms with Crippen molar-refractivity contribution < 1.29 is 0 Å². The third-order valence-electron chi connectivity index (χ3n) is 1.24. The Labute approximate surface area is 62.3 Å². The van der Waals surface area contributed by atoms with Crippen LogP contribution in [0.1, 0.15) is 12.8 Å². The lowest BCUT2D eigenvalue weighted by molar-refractivity contribution is 1.27. The van der Waals surface area contributed by atoms with Gasteiger partial charge in [0.25, 0.3) is 0 Å². The van der Waals surface area contributed by atoms with Crippen LogP contribution in [0.4, 0.5) is 0 Å². The highest BCUT2D eigenvalue weighted by Crippen LogP contribution is 1.93. The minimum absolute atomic E-state index is 0.929. The highest BCUT2D eigenvalue weighted by molar-refractivity contribution is 5.13. The Morgan fingerprint density at radius 2 is 1.70 bits per heavy atom. The van der Waals surface area contributed by atoms with Crippen LogP contribution in [0, 0.1) is 6.08 Å². The van der Waals surface area contributed by atoms with Crippen molar-refractivity contribution in [1.82, 2.24) is 0 Å². The summed E-state index contributed by atoms with van der Waals surface area (Å²) in [6.45, 7) is 0. The minimum atomic E-state index is 0.929. The van der Waals surface area contributed by atoms with E-state index >= 15 is 0 Å². The summed E-state index contributed by atoms with van der Waals surface area (Å²) in [6.07, 6.45) is 19.5. The lowest BCUT2D eigenvalue weighted by atomic mass is 10.2. The predicted molar refractivity (Wildman–Crippen MR) is 44.5 cm³/mol. The van der Waals surface area contributed by atoms with Gasteiger partial charge < -0.3 is 0 Å². The van der Waals surface area contributed by atoms with Crippen LogP contribution in [0.2, 0.25) is 0 Å². The monoisotopic (exact) mass is 131 g/mol. The van der Waals surface area contributed by atoms with Crippen molar-refractivity contribution in [3.8, 4) is 0 Å². The molecule has 0 spiro atoms. The summed E-state index contributed by atoms with van der Waals surface area (Å²) in [5, 5.41) is 0. The Kier molecular flexibility index (Phi) is 3.40. The molecule has 0 unspecified atom stereocenters. The molecule has 0 atom stereocenters. The second kappa shape index (κ2) is 4.80. The zero-order chi connectivity index (χ0) is 7.07. The van der Waals surface area contributed by atoms with Crippen molar-refractivity contribution in [3.05, 3.63) is 48.6 Å². The molecule has 0 nitrogen and oxygen atoms in total. The van der Waals surface area contributed by atoms with E-state index in [1.807, 2.05) is 24.3 Å². The maximum atomic E-state index is 3.16. The molecule has 0 aromatic heterocycles. The number of allylic oxidation sites excluding steroid dienone is 8. The molecule has 1 aliphatic rings. The SMILES string of the molecule is [C]1=C\C/C=C/C=C\C=C\C/1. The molecule has 1 rings (SSSR count). The Morgan fingerprint density at radius 1 is 0.900 bits per heavy atom. The molecule has 51 valence electrons. The van der Waals surface area contributed by atoms with Crippen LogP contribution in [0.25, 0.3) is 0 Å². The second-order valence-corrected chi connectivity index (χ2v) is 2.09. The summed E-state index contributed by atoms with van der Waals surface area (Å²) in [5.74, 6) is 0. The van der Waals surface area contributed by atoms with Crippen molar-refractivity contribution in [1.29, 1.82) is 0 Å². The number of hydrogen-bond donors (Lipinski definition) is 0. The first-order chi connectivity index (χ1) is 5.00.